The summed E-state index contributed by atoms with van der Waals surface area (Å²) in [6.07, 6.45) is 2.56. The second kappa shape index (κ2) is 6.15. The van der Waals surface area contributed by atoms with Gasteiger partial charge in [0.1, 0.15) is 11.2 Å². The Labute approximate surface area is 165 Å². The van der Waals surface area contributed by atoms with Gasteiger partial charge in [-0.05, 0) is 37.6 Å². The minimum Gasteiger partial charge on any atom is -0.493 e. The second-order valence-electron chi connectivity index (χ2n) is 7.43. The monoisotopic (exact) mass is 396 g/mol. The summed E-state index contributed by atoms with van der Waals surface area (Å²) in [6.45, 7) is 4.85. The van der Waals surface area contributed by atoms with Crippen LogP contribution in [0.15, 0.2) is 24.5 Å². The molecule has 0 radical (unpaired) electrons. The van der Waals surface area contributed by atoms with E-state index in [0.29, 0.717) is 23.9 Å². The van der Waals surface area contributed by atoms with Crippen LogP contribution in [0.5, 0.6) is 11.5 Å². The van der Waals surface area contributed by atoms with E-state index in [9.17, 15) is 0 Å². The van der Waals surface area contributed by atoms with Crippen molar-refractivity contribution in [3.8, 4) is 22.9 Å². The molecule has 0 bridgehead atoms. The second-order valence-corrected chi connectivity index (χ2v) is 8.51. The lowest BCUT2D eigenvalue weighted by Gasteiger charge is -2.30. The summed E-state index contributed by atoms with van der Waals surface area (Å²) in [7, 11) is 3.24. The molecule has 3 aromatic heterocycles. The summed E-state index contributed by atoms with van der Waals surface area (Å²) >= 11 is 1.68. The molecule has 144 valence electrons. The number of rotatable bonds is 3. The minimum atomic E-state index is -0.194. The number of ether oxygens (including phenoxy) is 3. The average Bonchev–Trinajstić information content (AvgIpc) is 3.27. The average molecular weight is 396 g/mol. The van der Waals surface area contributed by atoms with E-state index >= 15 is 0 Å². The fourth-order valence-electron chi connectivity index (χ4n) is 3.64. The first-order chi connectivity index (χ1) is 13.5. The molecule has 5 rings (SSSR count). The van der Waals surface area contributed by atoms with Crippen molar-refractivity contribution >= 4 is 27.2 Å². The standard InChI is InChI=1S/C20H20N4O3S/c1-20(2)8-12-15(9-27-20)28-19-16(12)18-22-17(23-24(18)10-21-19)11-5-6-13(25-3)14(7-11)26-4/h5-7,10H,8-9H2,1-4H3. The predicted octanol–water partition coefficient (Wildman–Crippen LogP) is 3.87. The predicted molar refractivity (Wildman–Crippen MR) is 107 cm³/mol. The van der Waals surface area contributed by atoms with Gasteiger partial charge in [0, 0.05) is 16.9 Å². The topological polar surface area (TPSA) is 70.8 Å². The van der Waals surface area contributed by atoms with Crippen molar-refractivity contribution in [2.45, 2.75) is 32.5 Å². The van der Waals surface area contributed by atoms with E-state index in [1.54, 1.807) is 36.4 Å². The van der Waals surface area contributed by atoms with Crippen molar-refractivity contribution in [1.29, 1.82) is 0 Å². The Bertz CT molecular complexity index is 1210. The molecule has 8 heteroatoms. The zero-order chi connectivity index (χ0) is 19.5. The molecule has 1 aliphatic rings. The van der Waals surface area contributed by atoms with Crippen LogP contribution in [-0.4, -0.2) is 39.4 Å². The quantitative estimate of drug-likeness (QED) is 0.523. The highest BCUT2D eigenvalue weighted by atomic mass is 32.1. The van der Waals surface area contributed by atoms with E-state index in [1.807, 2.05) is 18.2 Å². The number of benzene rings is 1. The van der Waals surface area contributed by atoms with Crippen molar-refractivity contribution in [3.63, 3.8) is 0 Å². The largest absolute Gasteiger partial charge is 0.493 e. The molecule has 0 amide bonds. The molecule has 0 spiro atoms. The van der Waals surface area contributed by atoms with Crippen molar-refractivity contribution in [2.75, 3.05) is 14.2 Å². The Kier molecular flexibility index (Phi) is 3.82. The Morgan fingerprint density at radius 2 is 2.00 bits per heavy atom. The van der Waals surface area contributed by atoms with E-state index < -0.39 is 0 Å². The van der Waals surface area contributed by atoms with Crippen molar-refractivity contribution in [3.05, 3.63) is 35.0 Å². The van der Waals surface area contributed by atoms with Gasteiger partial charge >= 0.3 is 0 Å². The number of fused-ring (bicyclic) bond motifs is 5. The lowest BCUT2D eigenvalue weighted by Crippen LogP contribution is -2.31. The molecule has 0 atom stereocenters. The Morgan fingerprint density at radius 1 is 1.18 bits per heavy atom. The first kappa shape index (κ1) is 17.4. The van der Waals surface area contributed by atoms with Gasteiger partial charge in [0.2, 0.25) is 0 Å². The Hall–Kier alpha value is -2.71. The summed E-state index contributed by atoms with van der Waals surface area (Å²) in [4.78, 5) is 11.7. The molecule has 7 nitrogen and oxygen atoms in total. The molecule has 1 aromatic carbocycles. The third-order valence-electron chi connectivity index (χ3n) is 5.05. The fourth-order valence-corrected chi connectivity index (χ4v) is 4.70. The molecular formula is C20H20N4O3S. The number of methoxy groups -OCH3 is 2. The molecule has 0 fully saturated rings. The third kappa shape index (κ3) is 2.63. The zero-order valence-electron chi connectivity index (χ0n) is 16.1. The SMILES string of the molecule is COc1ccc(-c2nc3c4c5c(sc4ncn3n2)COC(C)(C)C5)cc1OC. The van der Waals surface area contributed by atoms with E-state index in [2.05, 4.69) is 23.9 Å². The lowest BCUT2D eigenvalue weighted by molar-refractivity contribution is -0.0379. The first-order valence-corrected chi connectivity index (χ1v) is 9.83. The Balaban J connectivity index is 1.70. The van der Waals surface area contributed by atoms with Crippen molar-refractivity contribution in [2.24, 2.45) is 0 Å². The van der Waals surface area contributed by atoms with Gasteiger partial charge in [-0.2, -0.15) is 0 Å². The molecule has 0 unspecified atom stereocenters. The number of hydrogen-bond acceptors (Lipinski definition) is 7. The summed E-state index contributed by atoms with van der Waals surface area (Å²) < 4.78 is 18.5. The number of thiophene rings is 1. The summed E-state index contributed by atoms with van der Waals surface area (Å²) in [5, 5.41) is 5.73. The highest BCUT2D eigenvalue weighted by Crippen LogP contribution is 2.40. The molecule has 28 heavy (non-hydrogen) atoms. The smallest absolute Gasteiger partial charge is 0.182 e. The molecule has 1 aliphatic heterocycles. The third-order valence-corrected chi connectivity index (χ3v) is 6.16. The molecule has 0 N–H and O–H groups in total. The van der Waals surface area contributed by atoms with Gasteiger partial charge in [-0.3, -0.25) is 0 Å². The van der Waals surface area contributed by atoms with Crippen LogP contribution in [0.3, 0.4) is 0 Å². The van der Waals surface area contributed by atoms with Crippen LogP contribution in [0.1, 0.15) is 24.3 Å². The van der Waals surface area contributed by atoms with Crippen LogP contribution in [0.4, 0.5) is 0 Å². The number of hydrogen-bond donors (Lipinski definition) is 0. The van der Waals surface area contributed by atoms with Crippen LogP contribution >= 0.6 is 11.3 Å². The maximum Gasteiger partial charge on any atom is 0.182 e. The summed E-state index contributed by atoms with van der Waals surface area (Å²) in [5.41, 5.74) is 2.77. The van der Waals surface area contributed by atoms with Crippen LogP contribution < -0.4 is 9.47 Å². The first-order valence-electron chi connectivity index (χ1n) is 9.01. The van der Waals surface area contributed by atoms with Crippen LogP contribution in [0.2, 0.25) is 0 Å². The molecule has 0 saturated heterocycles. The molecule has 0 aliphatic carbocycles. The number of nitrogens with zero attached hydrogens (tertiary/aromatic N) is 4. The highest BCUT2D eigenvalue weighted by molar-refractivity contribution is 7.19. The van der Waals surface area contributed by atoms with Gasteiger partial charge in [0.25, 0.3) is 0 Å². The van der Waals surface area contributed by atoms with Crippen LogP contribution in [-0.2, 0) is 17.8 Å². The van der Waals surface area contributed by atoms with Gasteiger partial charge in [-0.15, -0.1) is 16.4 Å². The Morgan fingerprint density at radius 3 is 2.79 bits per heavy atom. The lowest BCUT2D eigenvalue weighted by atomic mass is 9.94. The van der Waals surface area contributed by atoms with E-state index in [-0.39, 0.29) is 5.60 Å². The van der Waals surface area contributed by atoms with Gasteiger partial charge in [-0.25, -0.2) is 14.5 Å². The molecule has 0 saturated carbocycles. The summed E-state index contributed by atoms with van der Waals surface area (Å²) in [6, 6.07) is 5.68. The van der Waals surface area contributed by atoms with Gasteiger partial charge in [0.05, 0.1) is 31.8 Å². The van der Waals surface area contributed by atoms with Gasteiger partial charge in [-0.1, -0.05) is 0 Å². The van der Waals surface area contributed by atoms with Crippen molar-refractivity contribution in [1.82, 2.24) is 19.6 Å². The van der Waals surface area contributed by atoms with Crippen LogP contribution in [0.25, 0.3) is 27.3 Å². The van der Waals surface area contributed by atoms with E-state index in [4.69, 9.17) is 19.2 Å². The van der Waals surface area contributed by atoms with E-state index in [1.165, 1.54) is 10.4 Å². The fraction of sp³-hybridized carbons (Fsp3) is 0.350. The number of aromatic nitrogens is 4. The van der Waals surface area contributed by atoms with Crippen molar-refractivity contribution < 1.29 is 14.2 Å². The highest BCUT2D eigenvalue weighted by Gasteiger charge is 2.30. The maximum atomic E-state index is 5.97. The van der Waals surface area contributed by atoms with Gasteiger partial charge < -0.3 is 14.2 Å². The molecular weight excluding hydrogens is 376 g/mol. The molecule has 4 heterocycles. The zero-order valence-corrected chi connectivity index (χ0v) is 17.0. The minimum absolute atomic E-state index is 0.194. The summed E-state index contributed by atoms with van der Waals surface area (Å²) in [5.74, 6) is 1.95. The molecule has 4 aromatic rings. The maximum absolute atomic E-state index is 5.97. The van der Waals surface area contributed by atoms with Gasteiger partial charge in [0.15, 0.2) is 23.0 Å². The normalized spacial score (nSPS) is 15.7. The van der Waals surface area contributed by atoms with E-state index in [0.717, 1.165) is 27.8 Å². The van der Waals surface area contributed by atoms with Crippen LogP contribution in [0, 0.1) is 0 Å².